The van der Waals surface area contributed by atoms with Gasteiger partial charge < -0.3 is 10.6 Å². The Morgan fingerprint density at radius 2 is 2.32 bits per heavy atom. The van der Waals surface area contributed by atoms with Gasteiger partial charge in [-0.25, -0.2) is 0 Å². The summed E-state index contributed by atoms with van der Waals surface area (Å²) in [5, 5.41) is 16.9. The highest BCUT2D eigenvalue weighted by Gasteiger charge is 2.18. The summed E-state index contributed by atoms with van der Waals surface area (Å²) in [5.74, 6) is -0.174. The van der Waals surface area contributed by atoms with E-state index in [9.17, 15) is 14.9 Å². The zero-order valence-corrected chi connectivity index (χ0v) is 10.8. The lowest BCUT2D eigenvalue weighted by Gasteiger charge is -2.23. The molecule has 0 saturated carbocycles. The Kier molecular flexibility index (Phi) is 4.11. The fourth-order valence-corrected chi connectivity index (χ4v) is 2.25. The molecule has 1 heterocycles. The molecule has 1 fully saturated rings. The summed E-state index contributed by atoms with van der Waals surface area (Å²) in [4.78, 5) is 22.3. The van der Waals surface area contributed by atoms with Crippen molar-refractivity contribution >= 4 is 11.6 Å². The third-order valence-corrected chi connectivity index (χ3v) is 3.29. The second-order valence-electron chi connectivity index (χ2n) is 4.78. The van der Waals surface area contributed by atoms with Gasteiger partial charge in [0.15, 0.2) is 0 Å². The van der Waals surface area contributed by atoms with E-state index >= 15 is 0 Å². The summed E-state index contributed by atoms with van der Waals surface area (Å²) in [6, 6.07) is 4.57. The minimum atomic E-state index is -0.442. The van der Waals surface area contributed by atoms with Gasteiger partial charge in [0.05, 0.1) is 4.92 Å². The van der Waals surface area contributed by atoms with E-state index in [-0.39, 0.29) is 17.6 Å². The quantitative estimate of drug-likeness (QED) is 0.637. The van der Waals surface area contributed by atoms with Gasteiger partial charge in [0.2, 0.25) is 0 Å². The molecule has 0 aromatic heterocycles. The molecule has 1 atom stereocenters. The van der Waals surface area contributed by atoms with Crippen molar-refractivity contribution < 1.29 is 9.72 Å². The van der Waals surface area contributed by atoms with Crippen LogP contribution in [-0.2, 0) is 0 Å². The Hall–Kier alpha value is -1.95. The zero-order chi connectivity index (χ0) is 13.8. The molecule has 0 spiro atoms. The second-order valence-corrected chi connectivity index (χ2v) is 4.78. The molecule has 1 aliphatic rings. The van der Waals surface area contributed by atoms with Crippen LogP contribution in [0.4, 0.5) is 5.69 Å². The van der Waals surface area contributed by atoms with Gasteiger partial charge in [0.1, 0.15) is 0 Å². The first-order chi connectivity index (χ1) is 9.08. The number of nitro benzene ring substituents is 1. The average Bonchev–Trinajstić information content (AvgIpc) is 2.39. The fraction of sp³-hybridized carbons (Fsp3) is 0.462. The number of aryl methyl sites for hydroxylation is 1. The van der Waals surface area contributed by atoms with Crippen LogP contribution in [0.15, 0.2) is 18.2 Å². The van der Waals surface area contributed by atoms with Crippen molar-refractivity contribution in [3.63, 3.8) is 0 Å². The van der Waals surface area contributed by atoms with E-state index in [1.165, 1.54) is 12.1 Å². The van der Waals surface area contributed by atoms with Gasteiger partial charge in [-0.3, -0.25) is 14.9 Å². The van der Waals surface area contributed by atoms with Crippen LogP contribution >= 0.6 is 0 Å². The van der Waals surface area contributed by atoms with E-state index in [1.807, 2.05) is 0 Å². The monoisotopic (exact) mass is 263 g/mol. The Bertz CT molecular complexity index is 496. The molecule has 1 saturated heterocycles. The molecule has 2 N–H and O–H groups in total. The molecule has 0 radical (unpaired) electrons. The van der Waals surface area contributed by atoms with E-state index in [2.05, 4.69) is 10.6 Å². The maximum atomic E-state index is 12.0. The van der Waals surface area contributed by atoms with Crippen molar-refractivity contribution in [3.8, 4) is 0 Å². The normalized spacial score (nSPS) is 18.9. The Morgan fingerprint density at radius 1 is 1.53 bits per heavy atom. The third kappa shape index (κ3) is 3.29. The number of hydrogen-bond donors (Lipinski definition) is 2. The molecule has 102 valence electrons. The number of rotatable bonds is 3. The number of benzene rings is 1. The topological polar surface area (TPSA) is 84.3 Å². The molecule has 1 aliphatic heterocycles. The summed E-state index contributed by atoms with van der Waals surface area (Å²) >= 11 is 0. The summed E-state index contributed by atoms with van der Waals surface area (Å²) in [7, 11) is 0. The van der Waals surface area contributed by atoms with Crippen molar-refractivity contribution in [1.82, 2.24) is 10.6 Å². The molecule has 1 aromatic rings. The summed E-state index contributed by atoms with van der Waals surface area (Å²) in [5.41, 5.74) is 1.00. The Labute approximate surface area is 111 Å². The van der Waals surface area contributed by atoms with E-state index in [4.69, 9.17) is 0 Å². The lowest BCUT2D eigenvalue weighted by atomic mass is 10.1. The van der Waals surface area contributed by atoms with E-state index in [1.54, 1.807) is 13.0 Å². The molecule has 6 heteroatoms. The number of piperidine rings is 1. The van der Waals surface area contributed by atoms with Crippen molar-refractivity contribution in [3.05, 3.63) is 39.4 Å². The van der Waals surface area contributed by atoms with Crippen molar-refractivity contribution in [2.75, 3.05) is 13.1 Å². The Balaban J connectivity index is 2.06. The minimum Gasteiger partial charge on any atom is -0.348 e. The predicted molar refractivity (Wildman–Crippen MR) is 71.2 cm³/mol. The third-order valence-electron chi connectivity index (χ3n) is 3.29. The van der Waals surface area contributed by atoms with Crippen molar-refractivity contribution in [1.29, 1.82) is 0 Å². The summed E-state index contributed by atoms with van der Waals surface area (Å²) in [6.45, 7) is 3.40. The lowest BCUT2D eigenvalue weighted by molar-refractivity contribution is -0.385. The number of carbonyl (C=O) groups is 1. The van der Waals surface area contributed by atoms with Crippen LogP contribution in [0, 0.1) is 17.0 Å². The largest absolute Gasteiger partial charge is 0.348 e. The van der Waals surface area contributed by atoms with Crippen LogP contribution < -0.4 is 10.6 Å². The number of amides is 1. The first-order valence-electron chi connectivity index (χ1n) is 6.34. The van der Waals surface area contributed by atoms with Crippen molar-refractivity contribution in [2.24, 2.45) is 0 Å². The number of nitrogens with zero attached hydrogens (tertiary/aromatic N) is 1. The van der Waals surface area contributed by atoms with Crippen LogP contribution in [0.2, 0.25) is 0 Å². The number of nitrogens with one attached hydrogen (secondary N) is 2. The predicted octanol–water partition coefficient (Wildman–Crippen LogP) is 1.39. The molecule has 1 amide bonds. The van der Waals surface area contributed by atoms with E-state index < -0.39 is 4.92 Å². The smallest absolute Gasteiger partial charge is 0.272 e. The zero-order valence-electron chi connectivity index (χ0n) is 10.8. The first-order valence-corrected chi connectivity index (χ1v) is 6.34. The lowest BCUT2D eigenvalue weighted by Crippen LogP contribution is -2.45. The maximum Gasteiger partial charge on any atom is 0.272 e. The highest BCUT2D eigenvalue weighted by Crippen LogP contribution is 2.18. The number of nitro groups is 1. The molecule has 2 rings (SSSR count). The van der Waals surface area contributed by atoms with Crippen LogP contribution in [0.1, 0.15) is 28.8 Å². The molecule has 0 unspecified atom stereocenters. The molecule has 19 heavy (non-hydrogen) atoms. The molecule has 6 nitrogen and oxygen atoms in total. The van der Waals surface area contributed by atoms with Gasteiger partial charge >= 0.3 is 0 Å². The average molecular weight is 263 g/mol. The highest BCUT2D eigenvalue weighted by molar-refractivity contribution is 5.94. The number of carbonyl (C=O) groups excluding carboxylic acids is 1. The van der Waals surface area contributed by atoms with E-state index in [0.717, 1.165) is 25.9 Å². The highest BCUT2D eigenvalue weighted by atomic mass is 16.6. The molecule has 0 aliphatic carbocycles. The van der Waals surface area contributed by atoms with Crippen LogP contribution in [0.3, 0.4) is 0 Å². The van der Waals surface area contributed by atoms with Crippen molar-refractivity contribution in [2.45, 2.75) is 25.8 Å². The first kappa shape index (κ1) is 13.5. The van der Waals surface area contributed by atoms with Crippen LogP contribution in [-0.4, -0.2) is 30.0 Å². The standard InChI is InChI=1S/C13H17N3O3/c1-9-7-10(4-5-12(9)16(18)19)13(17)15-11-3-2-6-14-8-11/h4-5,7,11,14H,2-3,6,8H2,1H3,(H,15,17)/t11-/m0/s1. The van der Waals surface area contributed by atoms with E-state index in [0.29, 0.717) is 11.1 Å². The van der Waals surface area contributed by atoms with Crippen LogP contribution in [0.5, 0.6) is 0 Å². The Morgan fingerprint density at radius 3 is 2.89 bits per heavy atom. The molecule has 1 aromatic carbocycles. The molecule has 0 bridgehead atoms. The fourth-order valence-electron chi connectivity index (χ4n) is 2.25. The van der Waals surface area contributed by atoms with Gasteiger partial charge in [-0.1, -0.05) is 0 Å². The van der Waals surface area contributed by atoms with Gasteiger partial charge in [0, 0.05) is 29.8 Å². The second kappa shape index (κ2) is 5.79. The minimum absolute atomic E-state index is 0.0379. The summed E-state index contributed by atoms with van der Waals surface area (Å²) in [6.07, 6.45) is 2.01. The van der Waals surface area contributed by atoms with Gasteiger partial charge in [-0.05, 0) is 38.4 Å². The molecular weight excluding hydrogens is 246 g/mol. The van der Waals surface area contributed by atoms with Gasteiger partial charge in [0.25, 0.3) is 11.6 Å². The number of hydrogen-bond acceptors (Lipinski definition) is 4. The summed E-state index contributed by atoms with van der Waals surface area (Å²) < 4.78 is 0. The van der Waals surface area contributed by atoms with Crippen LogP contribution in [0.25, 0.3) is 0 Å². The molecular formula is C13H17N3O3. The SMILES string of the molecule is Cc1cc(C(=O)N[C@H]2CCCNC2)ccc1[N+](=O)[O-]. The van der Waals surface area contributed by atoms with Gasteiger partial charge in [-0.2, -0.15) is 0 Å². The maximum absolute atomic E-state index is 12.0. The van der Waals surface area contributed by atoms with Gasteiger partial charge in [-0.15, -0.1) is 0 Å².